The summed E-state index contributed by atoms with van der Waals surface area (Å²) in [6.07, 6.45) is 5.76. The highest BCUT2D eigenvalue weighted by Gasteiger charge is 2.68. The van der Waals surface area contributed by atoms with E-state index in [1.807, 2.05) is 13.8 Å². The van der Waals surface area contributed by atoms with Gasteiger partial charge in [-0.25, -0.2) is 9.78 Å². The van der Waals surface area contributed by atoms with Crippen molar-refractivity contribution < 1.29 is 24.0 Å². The number of fused-ring (bicyclic) bond motifs is 2. The highest BCUT2D eigenvalue weighted by Crippen LogP contribution is 2.60. The largest absolute Gasteiger partial charge is 0.466 e. The molecule has 0 N–H and O–H groups in total. The predicted molar refractivity (Wildman–Crippen MR) is 87.4 cm³/mol. The zero-order valence-corrected chi connectivity index (χ0v) is 15.3. The number of ether oxygens (including phenoxy) is 3. The first kappa shape index (κ1) is 16.7. The van der Waals surface area contributed by atoms with E-state index < -0.39 is 17.7 Å². The standard InChI is InChI=1S/C19H30O5/c1-5-7-13-15-9-8-12(3)14-10-11-18(4)22-17(19(14,15)24-23-18)21-16(13)20-6-2/h12,14-15,17H,5-11H2,1-4H3. The lowest BCUT2D eigenvalue weighted by molar-refractivity contribution is -0.558. The Morgan fingerprint density at radius 3 is 2.75 bits per heavy atom. The van der Waals surface area contributed by atoms with Crippen LogP contribution in [0.4, 0.5) is 0 Å². The van der Waals surface area contributed by atoms with E-state index in [2.05, 4.69) is 13.8 Å². The molecule has 136 valence electrons. The van der Waals surface area contributed by atoms with Crippen LogP contribution in [0.3, 0.4) is 0 Å². The van der Waals surface area contributed by atoms with E-state index >= 15 is 0 Å². The Hall–Kier alpha value is -0.780. The Labute approximate surface area is 144 Å². The molecule has 4 fully saturated rings. The fraction of sp³-hybridized carbons (Fsp3) is 0.895. The molecule has 5 nitrogen and oxygen atoms in total. The van der Waals surface area contributed by atoms with E-state index in [1.165, 1.54) is 12.0 Å². The molecule has 0 aromatic carbocycles. The smallest absolute Gasteiger partial charge is 0.281 e. The summed E-state index contributed by atoms with van der Waals surface area (Å²) in [7, 11) is 0. The van der Waals surface area contributed by atoms with Gasteiger partial charge in [-0.1, -0.05) is 20.3 Å². The van der Waals surface area contributed by atoms with Gasteiger partial charge in [-0.05, 0) is 45.4 Å². The molecule has 24 heavy (non-hydrogen) atoms. The summed E-state index contributed by atoms with van der Waals surface area (Å²) in [6, 6.07) is 0. The van der Waals surface area contributed by atoms with Crippen LogP contribution in [0.15, 0.2) is 11.5 Å². The molecule has 3 saturated heterocycles. The van der Waals surface area contributed by atoms with Gasteiger partial charge >= 0.3 is 0 Å². The molecule has 1 saturated carbocycles. The Bertz CT molecular complexity index is 532. The van der Waals surface area contributed by atoms with Crippen molar-refractivity contribution in [1.29, 1.82) is 0 Å². The SMILES string of the molecule is CCCC1=C(OCC)OC2OC3(C)CCC4C(C)CCC1C24OO3. The van der Waals surface area contributed by atoms with Gasteiger partial charge in [0.25, 0.3) is 5.95 Å². The number of hydrogen-bond acceptors (Lipinski definition) is 5. The third kappa shape index (κ3) is 2.24. The maximum Gasteiger partial charge on any atom is 0.281 e. The highest BCUT2D eigenvalue weighted by atomic mass is 17.3. The molecule has 4 aliphatic heterocycles. The average Bonchev–Trinajstić information content (AvgIpc) is 2.78. The van der Waals surface area contributed by atoms with Gasteiger partial charge in [-0.2, -0.15) is 0 Å². The van der Waals surface area contributed by atoms with Crippen LogP contribution in [0, 0.1) is 17.8 Å². The van der Waals surface area contributed by atoms with Crippen molar-refractivity contribution in [2.45, 2.75) is 83.9 Å². The summed E-state index contributed by atoms with van der Waals surface area (Å²) < 4.78 is 18.5. The third-order valence-electron chi connectivity index (χ3n) is 6.41. The normalized spacial score (nSPS) is 47.0. The summed E-state index contributed by atoms with van der Waals surface area (Å²) in [5, 5.41) is 0. The molecule has 0 aromatic heterocycles. The predicted octanol–water partition coefficient (Wildman–Crippen LogP) is 4.28. The Morgan fingerprint density at radius 1 is 1.17 bits per heavy atom. The molecule has 0 amide bonds. The van der Waals surface area contributed by atoms with Crippen LogP contribution < -0.4 is 0 Å². The van der Waals surface area contributed by atoms with E-state index in [9.17, 15) is 0 Å². The van der Waals surface area contributed by atoms with Crippen LogP contribution in [0.1, 0.15) is 66.2 Å². The topological polar surface area (TPSA) is 46.2 Å². The lowest BCUT2D eigenvalue weighted by Crippen LogP contribution is -2.66. The van der Waals surface area contributed by atoms with Crippen LogP contribution >= 0.6 is 0 Å². The lowest BCUT2D eigenvalue weighted by Gasteiger charge is -2.57. The number of hydrogen-bond donors (Lipinski definition) is 0. The average molecular weight is 338 g/mol. The first-order chi connectivity index (χ1) is 11.5. The van der Waals surface area contributed by atoms with Gasteiger partial charge in [0, 0.05) is 23.8 Å². The molecular formula is C19H30O5. The van der Waals surface area contributed by atoms with Gasteiger partial charge in [0.05, 0.1) is 6.61 Å². The Morgan fingerprint density at radius 2 is 2.00 bits per heavy atom. The number of rotatable bonds is 4. The van der Waals surface area contributed by atoms with Gasteiger partial charge in [0.2, 0.25) is 12.1 Å². The van der Waals surface area contributed by atoms with Gasteiger partial charge in [-0.15, -0.1) is 0 Å². The molecule has 6 atom stereocenters. The van der Waals surface area contributed by atoms with Crippen LogP contribution in [-0.4, -0.2) is 24.3 Å². The van der Waals surface area contributed by atoms with Crippen molar-refractivity contribution >= 4 is 0 Å². The lowest BCUT2D eigenvalue weighted by atomic mass is 9.59. The maximum absolute atomic E-state index is 6.30. The Kier molecular flexibility index (Phi) is 4.09. The van der Waals surface area contributed by atoms with E-state index in [0.29, 0.717) is 24.4 Å². The minimum atomic E-state index is -0.725. The third-order valence-corrected chi connectivity index (χ3v) is 6.41. The quantitative estimate of drug-likeness (QED) is 0.716. The van der Waals surface area contributed by atoms with E-state index in [0.717, 1.165) is 32.1 Å². The molecule has 4 heterocycles. The van der Waals surface area contributed by atoms with Crippen molar-refractivity contribution in [3.8, 4) is 0 Å². The summed E-state index contributed by atoms with van der Waals surface area (Å²) in [5.74, 6) is 1.17. The van der Waals surface area contributed by atoms with Gasteiger partial charge in [0.1, 0.15) is 0 Å². The van der Waals surface area contributed by atoms with Gasteiger partial charge in [-0.3, -0.25) is 0 Å². The zero-order valence-electron chi connectivity index (χ0n) is 15.3. The molecule has 1 spiro atoms. The first-order valence-electron chi connectivity index (χ1n) is 9.61. The van der Waals surface area contributed by atoms with Crippen LogP contribution in [0.25, 0.3) is 0 Å². The molecular weight excluding hydrogens is 308 g/mol. The molecule has 5 heteroatoms. The van der Waals surface area contributed by atoms with E-state index in [4.69, 9.17) is 24.0 Å². The monoisotopic (exact) mass is 338 g/mol. The second kappa shape index (κ2) is 5.89. The molecule has 6 unspecified atom stereocenters. The fourth-order valence-corrected chi connectivity index (χ4v) is 5.27. The molecule has 1 aliphatic carbocycles. The Balaban J connectivity index is 1.82. The van der Waals surface area contributed by atoms with Crippen LogP contribution in [-0.2, 0) is 24.0 Å². The molecule has 2 bridgehead atoms. The van der Waals surface area contributed by atoms with E-state index in [1.54, 1.807) is 0 Å². The van der Waals surface area contributed by atoms with Crippen molar-refractivity contribution in [2.24, 2.45) is 17.8 Å². The summed E-state index contributed by atoms with van der Waals surface area (Å²) in [6.45, 7) is 9.08. The first-order valence-corrected chi connectivity index (χ1v) is 9.61. The highest BCUT2D eigenvalue weighted by molar-refractivity contribution is 5.23. The maximum atomic E-state index is 6.30. The molecule has 5 aliphatic rings. The second-order valence-electron chi connectivity index (χ2n) is 7.97. The fourth-order valence-electron chi connectivity index (χ4n) is 5.27. The van der Waals surface area contributed by atoms with Crippen LogP contribution in [0.2, 0.25) is 0 Å². The van der Waals surface area contributed by atoms with Crippen molar-refractivity contribution in [2.75, 3.05) is 6.61 Å². The minimum Gasteiger partial charge on any atom is -0.466 e. The minimum absolute atomic E-state index is 0.251. The van der Waals surface area contributed by atoms with Crippen molar-refractivity contribution in [3.05, 3.63) is 11.5 Å². The second-order valence-corrected chi connectivity index (χ2v) is 7.97. The van der Waals surface area contributed by atoms with Gasteiger partial charge in [0.15, 0.2) is 5.60 Å². The van der Waals surface area contributed by atoms with Gasteiger partial charge < -0.3 is 14.2 Å². The summed E-state index contributed by atoms with van der Waals surface area (Å²) in [4.78, 5) is 12.0. The van der Waals surface area contributed by atoms with E-state index in [-0.39, 0.29) is 5.92 Å². The van der Waals surface area contributed by atoms with Crippen molar-refractivity contribution in [3.63, 3.8) is 0 Å². The summed E-state index contributed by atoms with van der Waals surface area (Å²) in [5.41, 5.74) is 0.726. The molecule has 0 aromatic rings. The zero-order chi connectivity index (χ0) is 16.9. The summed E-state index contributed by atoms with van der Waals surface area (Å²) >= 11 is 0. The van der Waals surface area contributed by atoms with Crippen molar-refractivity contribution in [1.82, 2.24) is 0 Å². The van der Waals surface area contributed by atoms with Crippen LogP contribution in [0.5, 0.6) is 0 Å². The molecule has 0 radical (unpaired) electrons. The molecule has 5 rings (SSSR count).